The van der Waals surface area contributed by atoms with Crippen LogP contribution >= 0.6 is 11.8 Å². The summed E-state index contributed by atoms with van der Waals surface area (Å²) in [4.78, 5) is 8.42. The molecule has 0 saturated heterocycles. The third-order valence-electron chi connectivity index (χ3n) is 6.93. The highest BCUT2D eigenvalue weighted by molar-refractivity contribution is 7.98. The average molecular weight is 476 g/mol. The molecule has 2 heterocycles. The van der Waals surface area contributed by atoms with Crippen LogP contribution in [0.4, 0.5) is 0 Å². The maximum Gasteiger partial charge on any atom is 0.161 e. The van der Waals surface area contributed by atoms with Crippen LogP contribution in [0.5, 0.6) is 0 Å². The van der Waals surface area contributed by atoms with Crippen molar-refractivity contribution in [1.29, 1.82) is 0 Å². The lowest BCUT2D eigenvalue weighted by molar-refractivity contribution is 0.194. The van der Waals surface area contributed by atoms with Gasteiger partial charge in [0.05, 0.1) is 0 Å². The molecule has 2 N–H and O–H groups in total. The molecule has 3 aromatic rings. The van der Waals surface area contributed by atoms with Crippen molar-refractivity contribution in [3.8, 4) is 11.3 Å². The minimum absolute atomic E-state index is 0.308. The number of allylic oxidation sites excluding steroid dienone is 2. The van der Waals surface area contributed by atoms with Crippen molar-refractivity contribution in [2.24, 2.45) is 11.7 Å². The van der Waals surface area contributed by atoms with Crippen molar-refractivity contribution in [1.82, 2.24) is 9.88 Å². The first kappa shape index (κ1) is 24.6. The van der Waals surface area contributed by atoms with Gasteiger partial charge in [0.15, 0.2) is 5.58 Å². The van der Waals surface area contributed by atoms with E-state index in [4.69, 9.17) is 10.2 Å². The highest BCUT2D eigenvalue weighted by atomic mass is 32.2. The molecule has 1 aliphatic rings. The van der Waals surface area contributed by atoms with Gasteiger partial charge in [-0.05, 0) is 81.1 Å². The van der Waals surface area contributed by atoms with Gasteiger partial charge in [-0.15, -0.1) is 11.8 Å². The topological polar surface area (TPSA) is 55.3 Å². The molecular weight excluding hydrogens is 438 g/mol. The van der Waals surface area contributed by atoms with Crippen LogP contribution in [0.15, 0.2) is 70.3 Å². The predicted octanol–water partition coefficient (Wildman–Crippen LogP) is 7.36. The number of hydrogen-bond acceptors (Lipinski definition) is 5. The summed E-state index contributed by atoms with van der Waals surface area (Å²) in [5, 5.41) is 0. The Morgan fingerprint density at radius 1 is 1.24 bits per heavy atom. The standard InChI is InChI=1S/C29H37N3OS/c1-4-17-32(18-14-22-6-5-7-22)21(2)19-24(12-15-30)26-13-16-31-27-20-28(33-29(26)27)23-8-10-25(34-3)11-9-23/h8-13,15-16,19-22H,4-7,14,17-18,30H2,1-3H3/b15-12-,24-19+. The number of nitrogens with two attached hydrogens (primary N) is 1. The normalized spacial score (nSPS) is 15.9. The predicted molar refractivity (Wildman–Crippen MR) is 146 cm³/mol. The lowest BCUT2D eigenvalue weighted by Gasteiger charge is -2.32. The summed E-state index contributed by atoms with van der Waals surface area (Å²) >= 11 is 1.74. The van der Waals surface area contributed by atoms with Crippen LogP contribution in [0.2, 0.25) is 0 Å². The van der Waals surface area contributed by atoms with Crippen molar-refractivity contribution in [2.45, 2.75) is 56.9 Å². The van der Waals surface area contributed by atoms with Crippen LogP contribution in [-0.2, 0) is 0 Å². The first-order valence-electron chi connectivity index (χ1n) is 12.5. The Morgan fingerprint density at radius 3 is 2.68 bits per heavy atom. The molecule has 4 nitrogen and oxygen atoms in total. The summed E-state index contributed by atoms with van der Waals surface area (Å²) in [7, 11) is 0. The highest BCUT2D eigenvalue weighted by Gasteiger charge is 2.20. The SMILES string of the molecule is CCCN(CCC1CCC1)C(C)/C=C(\C=C/N)c1ccnc2cc(-c3ccc(SC)cc3)oc12. The number of thioether (sulfide) groups is 1. The van der Waals surface area contributed by atoms with Gasteiger partial charge in [-0.25, -0.2) is 0 Å². The van der Waals surface area contributed by atoms with Crippen LogP contribution in [0.3, 0.4) is 0 Å². The van der Waals surface area contributed by atoms with Gasteiger partial charge in [-0.3, -0.25) is 9.88 Å². The Balaban J connectivity index is 1.64. The van der Waals surface area contributed by atoms with Gasteiger partial charge in [0.1, 0.15) is 11.3 Å². The molecule has 2 aromatic heterocycles. The zero-order chi connectivity index (χ0) is 23.9. The Hall–Kier alpha value is -2.50. The molecule has 1 fully saturated rings. The number of nitrogens with zero attached hydrogens (tertiary/aromatic N) is 2. The summed E-state index contributed by atoms with van der Waals surface area (Å²) in [6.07, 6.45) is 16.5. The highest BCUT2D eigenvalue weighted by Crippen LogP contribution is 2.33. The molecule has 0 amide bonds. The van der Waals surface area contributed by atoms with E-state index in [9.17, 15) is 0 Å². The fraction of sp³-hybridized carbons (Fsp3) is 0.414. The van der Waals surface area contributed by atoms with E-state index in [1.807, 2.05) is 24.4 Å². The van der Waals surface area contributed by atoms with Crippen LogP contribution in [0.1, 0.15) is 51.5 Å². The first-order valence-corrected chi connectivity index (χ1v) is 13.7. The van der Waals surface area contributed by atoms with E-state index < -0.39 is 0 Å². The molecule has 1 aliphatic carbocycles. The number of rotatable bonds is 11. The van der Waals surface area contributed by atoms with Gasteiger partial charge in [-0.1, -0.05) is 44.4 Å². The average Bonchev–Trinajstić information content (AvgIpc) is 3.26. The van der Waals surface area contributed by atoms with E-state index in [-0.39, 0.29) is 0 Å². The monoisotopic (exact) mass is 475 g/mol. The summed E-state index contributed by atoms with van der Waals surface area (Å²) in [5.41, 5.74) is 10.7. The van der Waals surface area contributed by atoms with Crippen LogP contribution in [0, 0.1) is 5.92 Å². The van der Waals surface area contributed by atoms with Crippen molar-refractivity contribution in [3.05, 3.63) is 66.5 Å². The lowest BCUT2D eigenvalue weighted by atomic mass is 9.83. The molecule has 1 unspecified atom stereocenters. The van der Waals surface area contributed by atoms with Gasteiger partial charge >= 0.3 is 0 Å². The first-order chi connectivity index (χ1) is 16.6. The summed E-state index contributed by atoms with van der Waals surface area (Å²) in [6, 6.07) is 12.8. The van der Waals surface area contributed by atoms with E-state index in [2.05, 4.69) is 60.3 Å². The van der Waals surface area contributed by atoms with E-state index >= 15 is 0 Å². The Bertz CT molecular complexity index is 1130. The molecular formula is C29H37N3OS. The molecule has 180 valence electrons. The zero-order valence-electron chi connectivity index (χ0n) is 20.7. The molecule has 1 aromatic carbocycles. The number of hydrogen-bond donors (Lipinski definition) is 1. The van der Waals surface area contributed by atoms with E-state index in [1.165, 1.54) is 30.6 Å². The minimum Gasteiger partial charge on any atom is -0.454 e. The zero-order valence-corrected chi connectivity index (χ0v) is 21.5. The molecule has 4 rings (SSSR count). The number of furan rings is 1. The molecule has 5 heteroatoms. The maximum absolute atomic E-state index is 6.38. The number of pyridine rings is 1. The summed E-state index contributed by atoms with van der Waals surface area (Å²) < 4.78 is 6.38. The molecule has 0 spiro atoms. The van der Waals surface area contributed by atoms with E-state index in [0.29, 0.717) is 6.04 Å². The second-order valence-corrected chi connectivity index (χ2v) is 10.1. The smallest absolute Gasteiger partial charge is 0.161 e. The van der Waals surface area contributed by atoms with Crippen molar-refractivity contribution < 1.29 is 4.42 Å². The number of benzene rings is 1. The lowest BCUT2D eigenvalue weighted by Crippen LogP contribution is -2.35. The summed E-state index contributed by atoms with van der Waals surface area (Å²) in [6.45, 7) is 6.81. The third-order valence-corrected chi connectivity index (χ3v) is 7.67. The molecule has 0 bridgehead atoms. The summed E-state index contributed by atoms with van der Waals surface area (Å²) in [5.74, 6) is 1.75. The third kappa shape index (κ3) is 5.76. The fourth-order valence-corrected chi connectivity index (χ4v) is 5.11. The van der Waals surface area contributed by atoms with Crippen LogP contribution in [-0.4, -0.2) is 35.3 Å². The maximum atomic E-state index is 6.38. The van der Waals surface area contributed by atoms with Gasteiger partial charge < -0.3 is 10.2 Å². The molecule has 1 atom stereocenters. The van der Waals surface area contributed by atoms with Crippen LogP contribution < -0.4 is 5.73 Å². The minimum atomic E-state index is 0.308. The number of fused-ring (bicyclic) bond motifs is 1. The van der Waals surface area contributed by atoms with E-state index in [0.717, 1.165) is 59.0 Å². The molecule has 1 saturated carbocycles. The Labute approximate surface area is 208 Å². The van der Waals surface area contributed by atoms with E-state index in [1.54, 1.807) is 18.0 Å². The van der Waals surface area contributed by atoms with Crippen molar-refractivity contribution in [2.75, 3.05) is 19.3 Å². The number of aromatic nitrogens is 1. The largest absolute Gasteiger partial charge is 0.454 e. The quantitative estimate of drug-likeness (QED) is 0.232. The Morgan fingerprint density at radius 2 is 2.03 bits per heavy atom. The van der Waals surface area contributed by atoms with Crippen LogP contribution in [0.25, 0.3) is 28.0 Å². The molecule has 0 aliphatic heterocycles. The van der Waals surface area contributed by atoms with Gasteiger partial charge in [0, 0.05) is 34.3 Å². The molecule has 34 heavy (non-hydrogen) atoms. The van der Waals surface area contributed by atoms with Gasteiger partial charge in [0.25, 0.3) is 0 Å². The second kappa shape index (κ2) is 11.8. The van der Waals surface area contributed by atoms with Crippen molar-refractivity contribution >= 4 is 28.4 Å². The molecule has 0 radical (unpaired) electrons. The van der Waals surface area contributed by atoms with Gasteiger partial charge in [-0.2, -0.15) is 0 Å². The van der Waals surface area contributed by atoms with Gasteiger partial charge in [0.2, 0.25) is 0 Å². The Kier molecular flexibility index (Phi) is 8.52. The van der Waals surface area contributed by atoms with Crippen molar-refractivity contribution in [3.63, 3.8) is 0 Å². The fourth-order valence-electron chi connectivity index (χ4n) is 4.70. The second-order valence-electron chi connectivity index (χ2n) is 9.26.